The quantitative estimate of drug-likeness (QED) is 0.832. The Morgan fingerprint density at radius 2 is 1.90 bits per heavy atom. The maximum atomic E-state index is 11.9. The zero-order chi connectivity index (χ0) is 14.6. The van der Waals surface area contributed by atoms with Gasteiger partial charge < -0.3 is 19.5 Å². The molecule has 5 heteroatoms. The molecule has 110 valence electrons. The molecule has 0 heterocycles. The molecule has 1 aliphatic rings. The summed E-state index contributed by atoms with van der Waals surface area (Å²) in [5, 5.41) is 3.09. The predicted octanol–water partition coefficient (Wildman–Crippen LogP) is 1.76. The maximum Gasteiger partial charge on any atom is 0.326 e. The summed E-state index contributed by atoms with van der Waals surface area (Å²) in [6.07, 6.45) is 2.16. The zero-order valence-corrected chi connectivity index (χ0v) is 12.1. The summed E-state index contributed by atoms with van der Waals surface area (Å²) in [6.45, 7) is 0. The van der Waals surface area contributed by atoms with Crippen molar-refractivity contribution in [2.75, 3.05) is 21.3 Å². The number of esters is 1. The molecule has 20 heavy (non-hydrogen) atoms. The monoisotopic (exact) mass is 279 g/mol. The maximum absolute atomic E-state index is 11.9. The van der Waals surface area contributed by atoms with Crippen LogP contribution in [0, 0.1) is 0 Å². The molecule has 0 saturated heterocycles. The first-order chi connectivity index (χ1) is 9.63. The molecule has 2 unspecified atom stereocenters. The Morgan fingerprint density at radius 1 is 1.25 bits per heavy atom. The second-order valence-corrected chi connectivity index (χ2v) is 4.98. The first-order valence-corrected chi connectivity index (χ1v) is 6.71. The third-order valence-electron chi connectivity index (χ3n) is 3.89. The van der Waals surface area contributed by atoms with E-state index in [4.69, 9.17) is 14.2 Å². The van der Waals surface area contributed by atoms with Gasteiger partial charge in [0.15, 0.2) is 0 Å². The normalized spacial score (nSPS) is 25.2. The van der Waals surface area contributed by atoms with Gasteiger partial charge in [-0.1, -0.05) is 0 Å². The lowest BCUT2D eigenvalue weighted by molar-refractivity contribution is -0.148. The second-order valence-electron chi connectivity index (χ2n) is 4.98. The third-order valence-corrected chi connectivity index (χ3v) is 3.89. The number of carbonyl (C=O) groups excluding carboxylic acids is 1. The van der Waals surface area contributed by atoms with Gasteiger partial charge in [-0.3, -0.25) is 4.79 Å². The zero-order valence-electron chi connectivity index (χ0n) is 12.1. The Kier molecular flexibility index (Phi) is 4.49. The van der Waals surface area contributed by atoms with Crippen LogP contribution in [0.5, 0.6) is 11.5 Å². The van der Waals surface area contributed by atoms with E-state index in [0.29, 0.717) is 6.42 Å². The van der Waals surface area contributed by atoms with Gasteiger partial charge in [0, 0.05) is 6.42 Å². The highest BCUT2D eigenvalue weighted by Crippen LogP contribution is 2.33. The number of methoxy groups -OCH3 is 2. The van der Waals surface area contributed by atoms with Crippen molar-refractivity contribution in [2.24, 2.45) is 0 Å². The molecule has 0 amide bonds. The van der Waals surface area contributed by atoms with Gasteiger partial charge in [0.25, 0.3) is 0 Å². The standard InChI is InChI=1S/C15H21NO4/c1-16-15(14(17)19-3)9-8-13(10-15)20-12-6-4-11(18-2)5-7-12/h4-7,13,16H,8-10H2,1-3H3. The van der Waals surface area contributed by atoms with Crippen LogP contribution in [0.1, 0.15) is 19.3 Å². The average Bonchev–Trinajstić information content (AvgIpc) is 2.91. The molecule has 2 rings (SSSR count). The number of ether oxygens (including phenoxy) is 3. The van der Waals surface area contributed by atoms with E-state index in [1.165, 1.54) is 7.11 Å². The van der Waals surface area contributed by atoms with E-state index < -0.39 is 5.54 Å². The minimum absolute atomic E-state index is 0.00921. The van der Waals surface area contributed by atoms with Crippen molar-refractivity contribution < 1.29 is 19.0 Å². The molecule has 1 aromatic rings. The highest BCUT2D eigenvalue weighted by atomic mass is 16.5. The van der Waals surface area contributed by atoms with E-state index in [2.05, 4.69) is 5.32 Å². The van der Waals surface area contributed by atoms with Gasteiger partial charge >= 0.3 is 5.97 Å². The number of nitrogens with one attached hydrogen (secondary N) is 1. The van der Waals surface area contributed by atoms with Crippen molar-refractivity contribution in [3.63, 3.8) is 0 Å². The van der Waals surface area contributed by atoms with Gasteiger partial charge in [-0.05, 0) is 44.2 Å². The summed E-state index contributed by atoms with van der Waals surface area (Å²) in [7, 11) is 4.83. The lowest BCUT2D eigenvalue weighted by Crippen LogP contribution is -2.49. The molecule has 0 aliphatic heterocycles. The fourth-order valence-corrected chi connectivity index (χ4v) is 2.66. The molecule has 0 aromatic heterocycles. The first kappa shape index (κ1) is 14.7. The molecular formula is C15H21NO4. The summed E-state index contributed by atoms with van der Waals surface area (Å²) in [4.78, 5) is 11.9. The number of hydrogen-bond donors (Lipinski definition) is 1. The average molecular weight is 279 g/mol. The Balaban J connectivity index is 2.00. The second kappa shape index (κ2) is 6.13. The van der Waals surface area contributed by atoms with E-state index in [1.54, 1.807) is 14.2 Å². The van der Waals surface area contributed by atoms with Gasteiger partial charge in [-0.25, -0.2) is 0 Å². The largest absolute Gasteiger partial charge is 0.497 e. The summed E-state index contributed by atoms with van der Waals surface area (Å²) >= 11 is 0. The van der Waals surface area contributed by atoms with Crippen LogP contribution in [-0.2, 0) is 9.53 Å². The minimum Gasteiger partial charge on any atom is -0.497 e. The Bertz CT molecular complexity index is 459. The minimum atomic E-state index is -0.619. The number of benzene rings is 1. The molecule has 0 radical (unpaired) electrons. The van der Waals surface area contributed by atoms with Crippen molar-refractivity contribution in [3.8, 4) is 11.5 Å². The lowest BCUT2D eigenvalue weighted by atomic mass is 9.98. The van der Waals surface area contributed by atoms with Crippen LogP contribution in [0.2, 0.25) is 0 Å². The van der Waals surface area contributed by atoms with Crippen LogP contribution in [0.4, 0.5) is 0 Å². The van der Waals surface area contributed by atoms with Crippen LogP contribution < -0.4 is 14.8 Å². The van der Waals surface area contributed by atoms with Crippen LogP contribution >= 0.6 is 0 Å². The fraction of sp³-hybridized carbons (Fsp3) is 0.533. The lowest BCUT2D eigenvalue weighted by Gasteiger charge is -2.25. The van der Waals surface area contributed by atoms with Crippen molar-refractivity contribution in [2.45, 2.75) is 30.9 Å². The van der Waals surface area contributed by atoms with Crippen LogP contribution in [0.15, 0.2) is 24.3 Å². The molecule has 5 nitrogen and oxygen atoms in total. The van der Waals surface area contributed by atoms with Gasteiger partial charge in [-0.2, -0.15) is 0 Å². The molecule has 0 bridgehead atoms. The van der Waals surface area contributed by atoms with Crippen molar-refractivity contribution in [1.29, 1.82) is 0 Å². The molecule has 1 aromatic carbocycles. The summed E-state index contributed by atoms with van der Waals surface area (Å²) in [5.74, 6) is 1.36. The van der Waals surface area contributed by atoms with Crippen molar-refractivity contribution >= 4 is 5.97 Å². The van der Waals surface area contributed by atoms with Crippen molar-refractivity contribution in [3.05, 3.63) is 24.3 Å². The molecule has 1 fully saturated rings. The summed E-state index contributed by atoms with van der Waals surface area (Å²) < 4.78 is 15.9. The Morgan fingerprint density at radius 3 is 2.45 bits per heavy atom. The molecule has 0 spiro atoms. The predicted molar refractivity (Wildman–Crippen MR) is 75.1 cm³/mol. The Hall–Kier alpha value is -1.75. The summed E-state index contributed by atoms with van der Waals surface area (Å²) in [6, 6.07) is 7.46. The fourth-order valence-electron chi connectivity index (χ4n) is 2.66. The van der Waals surface area contributed by atoms with E-state index in [1.807, 2.05) is 24.3 Å². The highest BCUT2D eigenvalue weighted by Gasteiger charge is 2.46. The third kappa shape index (κ3) is 2.88. The number of likely N-dealkylation sites (N-methyl/N-ethyl adjacent to an activating group) is 1. The Labute approximate surface area is 119 Å². The van der Waals surface area contributed by atoms with Gasteiger partial charge in [-0.15, -0.1) is 0 Å². The molecular weight excluding hydrogens is 258 g/mol. The number of rotatable bonds is 5. The van der Waals surface area contributed by atoms with Crippen LogP contribution in [0.3, 0.4) is 0 Å². The smallest absolute Gasteiger partial charge is 0.326 e. The van der Waals surface area contributed by atoms with E-state index >= 15 is 0 Å². The number of hydrogen-bond acceptors (Lipinski definition) is 5. The SMILES string of the molecule is CNC1(C(=O)OC)CCC(Oc2ccc(OC)cc2)C1. The highest BCUT2D eigenvalue weighted by molar-refractivity contribution is 5.81. The first-order valence-electron chi connectivity index (χ1n) is 6.71. The molecule has 1 aliphatic carbocycles. The van der Waals surface area contributed by atoms with Crippen molar-refractivity contribution in [1.82, 2.24) is 5.32 Å². The number of carbonyl (C=O) groups is 1. The molecule has 2 atom stereocenters. The van der Waals surface area contributed by atoms with Crippen LogP contribution in [-0.4, -0.2) is 38.9 Å². The van der Waals surface area contributed by atoms with E-state index in [9.17, 15) is 4.79 Å². The van der Waals surface area contributed by atoms with Crippen LogP contribution in [0.25, 0.3) is 0 Å². The van der Waals surface area contributed by atoms with E-state index in [-0.39, 0.29) is 12.1 Å². The van der Waals surface area contributed by atoms with Gasteiger partial charge in [0.05, 0.1) is 14.2 Å². The van der Waals surface area contributed by atoms with E-state index in [0.717, 1.165) is 24.3 Å². The van der Waals surface area contributed by atoms with Gasteiger partial charge in [0.1, 0.15) is 23.1 Å². The molecule has 1 N–H and O–H groups in total. The summed E-state index contributed by atoms with van der Waals surface area (Å²) in [5.41, 5.74) is -0.619. The molecule has 1 saturated carbocycles. The van der Waals surface area contributed by atoms with Gasteiger partial charge in [0.2, 0.25) is 0 Å². The topological polar surface area (TPSA) is 56.8 Å².